The molecular weight excluding hydrogens is 318 g/mol. The van der Waals surface area contributed by atoms with Crippen molar-refractivity contribution in [2.75, 3.05) is 45.9 Å². The van der Waals surface area contributed by atoms with Gasteiger partial charge in [-0.15, -0.1) is 0 Å². The molecule has 0 radical (unpaired) electrons. The van der Waals surface area contributed by atoms with E-state index in [-0.39, 0.29) is 23.5 Å². The van der Waals surface area contributed by atoms with Gasteiger partial charge >= 0.3 is 0 Å². The van der Waals surface area contributed by atoms with Crippen LogP contribution in [0.1, 0.15) is 39.5 Å². The van der Waals surface area contributed by atoms with Crippen LogP contribution in [0.4, 0.5) is 0 Å². The number of carbonyl (C=O) groups is 2. The van der Waals surface area contributed by atoms with Crippen molar-refractivity contribution in [1.82, 2.24) is 14.7 Å². The predicted octanol–water partition coefficient (Wildman–Crippen LogP) is 0.957. The molecule has 3 saturated heterocycles. The van der Waals surface area contributed by atoms with E-state index < -0.39 is 0 Å². The van der Waals surface area contributed by atoms with Crippen LogP contribution in [0, 0.1) is 11.8 Å². The molecule has 4 rings (SSSR count). The van der Waals surface area contributed by atoms with Crippen molar-refractivity contribution in [2.24, 2.45) is 11.8 Å². The van der Waals surface area contributed by atoms with E-state index in [1.807, 2.05) is 9.80 Å². The quantitative estimate of drug-likeness (QED) is 0.742. The highest BCUT2D eigenvalue weighted by Gasteiger charge is 2.53. The Labute approximate surface area is 150 Å². The van der Waals surface area contributed by atoms with Crippen LogP contribution in [-0.4, -0.2) is 84.0 Å². The molecule has 1 aliphatic carbocycles. The molecule has 3 heterocycles. The molecule has 0 bridgehead atoms. The fraction of sp³-hybridized carbons (Fsp3) is 0.895. The van der Waals surface area contributed by atoms with E-state index >= 15 is 0 Å². The van der Waals surface area contributed by atoms with E-state index in [0.29, 0.717) is 32.0 Å². The first-order valence-corrected chi connectivity index (χ1v) is 9.90. The fourth-order valence-electron chi connectivity index (χ4n) is 4.18. The molecule has 0 N–H and O–H groups in total. The minimum absolute atomic E-state index is 0.119. The van der Waals surface area contributed by atoms with Gasteiger partial charge in [-0.05, 0) is 31.1 Å². The summed E-state index contributed by atoms with van der Waals surface area (Å²) in [5, 5.41) is 0. The lowest BCUT2D eigenvalue weighted by molar-refractivity contribution is -0.207. The van der Waals surface area contributed by atoms with Gasteiger partial charge in [0.1, 0.15) is 11.6 Å². The highest BCUT2D eigenvalue weighted by molar-refractivity contribution is 5.83. The SMILES string of the molecule is CC(C)CC(=O)N1CC2(C1)CN(CC1CC1)[C@@H](C(=O)N1CCC1)CO2. The molecule has 0 aromatic rings. The molecule has 1 atom stereocenters. The maximum atomic E-state index is 12.7. The first-order chi connectivity index (χ1) is 12.0. The Balaban J connectivity index is 1.37. The number of hydrogen-bond acceptors (Lipinski definition) is 4. The highest BCUT2D eigenvalue weighted by Crippen LogP contribution is 2.36. The second-order valence-corrected chi connectivity index (χ2v) is 8.91. The summed E-state index contributed by atoms with van der Waals surface area (Å²) >= 11 is 0. The Morgan fingerprint density at radius 3 is 2.40 bits per heavy atom. The molecule has 0 unspecified atom stereocenters. The van der Waals surface area contributed by atoms with Gasteiger partial charge in [0.15, 0.2) is 0 Å². The monoisotopic (exact) mass is 349 g/mol. The van der Waals surface area contributed by atoms with Crippen LogP contribution >= 0.6 is 0 Å². The van der Waals surface area contributed by atoms with Crippen LogP contribution in [0.2, 0.25) is 0 Å². The molecule has 0 aromatic heterocycles. The van der Waals surface area contributed by atoms with E-state index in [1.54, 1.807) is 0 Å². The normalized spacial score (nSPS) is 28.8. The Bertz CT molecular complexity index is 536. The fourth-order valence-corrected chi connectivity index (χ4v) is 4.18. The van der Waals surface area contributed by atoms with Crippen molar-refractivity contribution in [1.29, 1.82) is 0 Å². The zero-order valence-corrected chi connectivity index (χ0v) is 15.6. The molecule has 3 aliphatic heterocycles. The summed E-state index contributed by atoms with van der Waals surface area (Å²) in [5.41, 5.74) is -0.243. The summed E-state index contributed by atoms with van der Waals surface area (Å²) in [7, 11) is 0. The van der Waals surface area contributed by atoms with Crippen LogP contribution < -0.4 is 0 Å². The minimum atomic E-state index is -0.243. The van der Waals surface area contributed by atoms with E-state index in [4.69, 9.17) is 4.74 Å². The Hall–Kier alpha value is -1.14. The molecule has 2 amide bonds. The van der Waals surface area contributed by atoms with Gasteiger partial charge in [0, 0.05) is 32.6 Å². The average molecular weight is 349 g/mol. The van der Waals surface area contributed by atoms with Crippen molar-refractivity contribution >= 4 is 11.8 Å². The van der Waals surface area contributed by atoms with E-state index in [1.165, 1.54) is 12.8 Å². The standard InChI is InChI=1S/C19H31N3O3/c1-14(2)8-17(23)22-12-19(13-22)11-21(9-15-4-5-15)16(10-25-19)18(24)20-6-3-7-20/h14-16H,3-13H2,1-2H3/t16-/m1/s1. The number of rotatable bonds is 5. The van der Waals surface area contributed by atoms with E-state index in [0.717, 1.165) is 38.5 Å². The highest BCUT2D eigenvalue weighted by atomic mass is 16.5. The lowest BCUT2D eigenvalue weighted by Gasteiger charge is -2.56. The Kier molecular flexibility index (Phi) is 4.52. The van der Waals surface area contributed by atoms with Crippen LogP contribution in [0.25, 0.3) is 0 Å². The zero-order valence-electron chi connectivity index (χ0n) is 15.6. The third kappa shape index (κ3) is 3.56. The van der Waals surface area contributed by atoms with Gasteiger partial charge < -0.3 is 14.5 Å². The first kappa shape index (κ1) is 17.3. The topological polar surface area (TPSA) is 53.1 Å². The number of ether oxygens (including phenoxy) is 1. The van der Waals surface area contributed by atoms with Crippen LogP contribution in [0.5, 0.6) is 0 Å². The number of morpholine rings is 1. The third-order valence-electron chi connectivity index (χ3n) is 6.02. The molecule has 6 nitrogen and oxygen atoms in total. The number of hydrogen-bond donors (Lipinski definition) is 0. The van der Waals surface area contributed by atoms with Crippen LogP contribution in [-0.2, 0) is 14.3 Å². The first-order valence-electron chi connectivity index (χ1n) is 9.90. The molecule has 4 aliphatic rings. The van der Waals surface area contributed by atoms with Gasteiger partial charge in [-0.3, -0.25) is 14.5 Å². The molecule has 140 valence electrons. The predicted molar refractivity (Wildman–Crippen MR) is 94.0 cm³/mol. The molecule has 0 aromatic carbocycles. The maximum Gasteiger partial charge on any atom is 0.242 e. The maximum absolute atomic E-state index is 12.7. The van der Waals surface area contributed by atoms with Crippen molar-refractivity contribution < 1.29 is 14.3 Å². The molecule has 4 fully saturated rings. The van der Waals surface area contributed by atoms with E-state index in [9.17, 15) is 9.59 Å². The average Bonchev–Trinajstić information content (AvgIpc) is 3.25. The summed E-state index contributed by atoms with van der Waals surface area (Å²) in [6.45, 7) is 9.60. The summed E-state index contributed by atoms with van der Waals surface area (Å²) in [6.07, 6.45) is 4.30. The largest absolute Gasteiger partial charge is 0.368 e. The van der Waals surface area contributed by atoms with Gasteiger partial charge in [-0.2, -0.15) is 0 Å². The van der Waals surface area contributed by atoms with Crippen molar-refractivity contribution in [3.63, 3.8) is 0 Å². The summed E-state index contributed by atoms with van der Waals surface area (Å²) in [4.78, 5) is 31.2. The number of amides is 2. The van der Waals surface area contributed by atoms with Gasteiger partial charge in [-0.1, -0.05) is 13.8 Å². The van der Waals surface area contributed by atoms with Gasteiger partial charge in [0.25, 0.3) is 0 Å². The molecule has 6 heteroatoms. The van der Waals surface area contributed by atoms with Gasteiger partial charge in [0.2, 0.25) is 11.8 Å². The van der Waals surface area contributed by atoms with Crippen molar-refractivity contribution in [3.05, 3.63) is 0 Å². The molecular formula is C19H31N3O3. The summed E-state index contributed by atoms with van der Waals surface area (Å²) in [6, 6.07) is -0.119. The second-order valence-electron chi connectivity index (χ2n) is 8.91. The summed E-state index contributed by atoms with van der Waals surface area (Å²) in [5.74, 6) is 1.62. The lowest BCUT2D eigenvalue weighted by atomic mass is 9.89. The molecule has 25 heavy (non-hydrogen) atoms. The van der Waals surface area contributed by atoms with Crippen molar-refractivity contribution in [3.8, 4) is 0 Å². The minimum Gasteiger partial charge on any atom is -0.368 e. The smallest absolute Gasteiger partial charge is 0.242 e. The number of nitrogens with zero attached hydrogens (tertiary/aromatic N) is 3. The number of carbonyl (C=O) groups excluding carboxylic acids is 2. The zero-order chi connectivity index (χ0) is 17.6. The van der Waals surface area contributed by atoms with Crippen LogP contribution in [0.15, 0.2) is 0 Å². The number of likely N-dealkylation sites (tertiary alicyclic amines) is 2. The summed E-state index contributed by atoms with van der Waals surface area (Å²) < 4.78 is 6.19. The third-order valence-corrected chi connectivity index (χ3v) is 6.02. The lowest BCUT2D eigenvalue weighted by Crippen LogP contribution is -2.74. The molecule has 1 spiro atoms. The van der Waals surface area contributed by atoms with E-state index in [2.05, 4.69) is 18.7 Å². The Morgan fingerprint density at radius 2 is 1.84 bits per heavy atom. The van der Waals surface area contributed by atoms with Gasteiger partial charge in [-0.25, -0.2) is 0 Å². The van der Waals surface area contributed by atoms with Crippen molar-refractivity contribution in [2.45, 2.75) is 51.2 Å². The van der Waals surface area contributed by atoms with Crippen LogP contribution in [0.3, 0.4) is 0 Å². The second kappa shape index (κ2) is 6.54. The Morgan fingerprint density at radius 1 is 1.12 bits per heavy atom. The van der Waals surface area contributed by atoms with Gasteiger partial charge in [0.05, 0.1) is 19.7 Å². The molecule has 1 saturated carbocycles.